The van der Waals surface area contributed by atoms with Gasteiger partial charge in [-0.15, -0.1) is 0 Å². The monoisotopic (exact) mass is 268 g/mol. The molecule has 0 unspecified atom stereocenters. The molecule has 0 aliphatic heterocycles. The van der Waals surface area contributed by atoms with Crippen molar-refractivity contribution in [2.75, 3.05) is 6.61 Å². The van der Waals surface area contributed by atoms with Gasteiger partial charge in [0, 0.05) is 30.8 Å². The van der Waals surface area contributed by atoms with Crippen molar-refractivity contribution in [3.05, 3.63) is 39.7 Å². The Morgan fingerprint density at radius 3 is 2.89 bits per heavy atom. The molecule has 0 atom stereocenters. The summed E-state index contributed by atoms with van der Waals surface area (Å²) in [5.41, 5.74) is 0.333. The highest BCUT2D eigenvalue weighted by Crippen LogP contribution is 2.25. The number of hydrogen-bond donors (Lipinski definition) is 1. The van der Waals surface area contributed by atoms with E-state index < -0.39 is 10.7 Å². The summed E-state index contributed by atoms with van der Waals surface area (Å²) in [7, 11) is 0. The minimum atomic E-state index is -0.486. The van der Waals surface area contributed by atoms with E-state index in [4.69, 9.17) is 4.74 Å². The third kappa shape index (κ3) is 3.48. The van der Waals surface area contributed by atoms with E-state index in [2.05, 4.69) is 5.32 Å². The van der Waals surface area contributed by atoms with Gasteiger partial charge in [0.25, 0.3) is 5.69 Å². The molecule has 2 rings (SSSR count). The maximum atomic E-state index is 13.1. The summed E-state index contributed by atoms with van der Waals surface area (Å²) in [6, 6.07) is 3.81. The van der Waals surface area contributed by atoms with Crippen molar-refractivity contribution in [3.63, 3.8) is 0 Å². The summed E-state index contributed by atoms with van der Waals surface area (Å²) in [5, 5.41) is 14.0. The fraction of sp³-hybridized carbons (Fsp3) is 0.538. The van der Waals surface area contributed by atoms with Crippen LogP contribution in [0.3, 0.4) is 0 Å². The Hall–Kier alpha value is -1.53. The minimum absolute atomic E-state index is 0.0467. The van der Waals surface area contributed by atoms with Crippen molar-refractivity contribution >= 4 is 5.69 Å². The van der Waals surface area contributed by atoms with Crippen molar-refractivity contribution in [2.24, 2.45) is 0 Å². The molecule has 1 N–H and O–H groups in total. The van der Waals surface area contributed by atoms with Crippen molar-refractivity contribution in [1.82, 2.24) is 5.32 Å². The summed E-state index contributed by atoms with van der Waals surface area (Å²) < 4.78 is 18.6. The van der Waals surface area contributed by atoms with Gasteiger partial charge in [0.2, 0.25) is 0 Å². The Balaban J connectivity index is 1.89. The third-order valence-electron chi connectivity index (χ3n) is 3.32. The number of nitro groups is 1. The topological polar surface area (TPSA) is 64.4 Å². The number of halogens is 1. The lowest BCUT2D eigenvalue weighted by molar-refractivity contribution is -0.385. The molecular weight excluding hydrogens is 251 g/mol. The van der Waals surface area contributed by atoms with E-state index in [0.717, 1.165) is 18.9 Å². The molecule has 0 saturated heterocycles. The van der Waals surface area contributed by atoms with Crippen LogP contribution in [0.4, 0.5) is 10.1 Å². The molecule has 0 heterocycles. The average Bonchev–Trinajstić information content (AvgIpc) is 2.31. The zero-order valence-corrected chi connectivity index (χ0v) is 10.8. The first-order valence-corrected chi connectivity index (χ1v) is 6.38. The van der Waals surface area contributed by atoms with Gasteiger partial charge in [-0.3, -0.25) is 10.1 Å². The Kier molecular flexibility index (Phi) is 4.44. The molecule has 1 aromatic rings. The lowest BCUT2D eigenvalue weighted by atomic mass is 9.89. The summed E-state index contributed by atoms with van der Waals surface area (Å²) in [6.45, 7) is 2.96. The zero-order chi connectivity index (χ0) is 13.8. The molecule has 0 bridgehead atoms. The molecule has 1 saturated carbocycles. The smallest absolute Gasteiger partial charge is 0.274 e. The van der Waals surface area contributed by atoms with Crippen LogP contribution in [-0.4, -0.2) is 23.7 Å². The van der Waals surface area contributed by atoms with E-state index in [1.54, 1.807) is 0 Å². The third-order valence-corrected chi connectivity index (χ3v) is 3.32. The van der Waals surface area contributed by atoms with Crippen LogP contribution in [0.2, 0.25) is 0 Å². The van der Waals surface area contributed by atoms with E-state index in [1.807, 2.05) is 6.92 Å². The van der Waals surface area contributed by atoms with Crippen LogP contribution in [0.15, 0.2) is 18.2 Å². The first-order chi connectivity index (χ1) is 9.10. The summed E-state index contributed by atoms with van der Waals surface area (Å²) in [6.07, 6.45) is 2.08. The second kappa shape index (κ2) is 6.08. The second-order valence-electron chi connectivity index (χ2n) is 4.66. The number of nitro benzene ring substituents is 1. The second-order valence-corrected chi connectivity index (χ2v) is 4.66. The lowest BCUT2D eigenvalue weighted by Crippen LogP contribution is -2.45. The number of nitrogens with zero attached hydrogens (tertiary/aromatic N) is 1. The highest BCUT2D eigenvalue weighted by atomic mass is 19.1. The number of nitrogens with one attached hydrogen (secondary N) is 1. The quantitative estimate of drug-likeness (QED) is 0.635. The molecule has 1 fully saturated rings. The van der Waals surface area contributed by atoms with E-state index in [0.29, 0.717) is 24.8 Å². The zero-order valence-electron chi connectivity index (χ0n) is 10.8. The van der Waals surface area contributed by atoms with Crippen LogP contribution in [0, 0.1) is 15.9 Å². The molecule has 0 spiro atoms. The maximum Gasteiger partial charge on any atom is 0.274 e. The van der Waals surface area contributed by atoms with Crippen molar-refractivity contribution < 1.29 is 14.1 Å². The van der Waals surface area contributed by atoms with Gasteiger partial charge in [-0.05, 0) is 31.9 Å². The van der Waals surface area contributed by atoms with Gasteiger partial charge in [-0.1, -0.05) is 0 Å². The summed E-state index contributed by atoms with van der Waals surface area (Å²) >= 11 is 0. The molecular formula is C13H17FN2O3. The van der Waals surface area contributed by atoms with Gasteiger partial charge in [0.1, 0.15) is 5.82 Å². The summed E-state index contributed by atoms with van der Waals surface area (Å²) in [4.78, 5) is 10.3. The summed E-state index contributed by atoms with van der Waals surface area (Å²) in [5.74, 6) is -0.455. The van der Waals surface area contributed by atoms with Crippen molar-refractivity contribution in [1.29, 1.82) is 0 Å². The molecule has 104 valence electrons. The maximum absolute atomic E-state index is 13.1. The molecule has 0 amide bonds. The van der Waals surface area contributed by atoms with E-state index >= 15 is 0 Å². The minimum Gasteiger partial charge on any atom is -0.378 e. The largest absolute Gasteiger partial charge is 0.378 e. The van der Waals surface area contributed by atoms with Crippen LogP contribution in [-0.2, 0) is 11.3 Å². The fourth-order valence-electron chi connectivity index (χ4n) is 2.23. The molecule has 0 aromatic heterocycles. The van der Waals surface area contributed by atoms with Crippen LogP contribution in [0.5, 0.6) is 0 Å². The molecule has 6 heteroatoms. The molecule has 1 aliphatic carbocycles. The fourth-order valence-corrected chi connectivity index (χ4v) is 2.23. The number of hydrogen-bond acceptors (Lipinski definition) is 4. The molecule has 5 nitrogen and oxygen atoms in total. The standard InChI is InChI=1S/C13H17FN2O3/c1-2-19-12-6-11(7-12)15-8-9-5-10(14)3-4-13(9)16(17)18/h3-5,11-12,15H,2,6-8H2,1H3. The predicted octanol–water partition coefficient (Wildman–Crippen LogP) is 2.39. The first-order valence-electron chi connectivity index (χ1n) is 6.38. The number of ether oxygens (including phenoxy) is 1. The molecule has 1 aliphatic rings. The first kappa shape index (κ1) is 13.9. The highest BCUT2D eigenvalue weighted by Gasteiger charge is 2.29. The Morgan fingerprint density at radius 1 is 1.53 bits per heavy atom. The van der Waals surface area contributed by atoms with Gasteiger partial charge in [-0.25, -0.2) is 4.39 Å². The Morgan fingerprint density at radius 2 is 2.26 bits per heavy atom. The van der Waals surface area contributed by atoms with Crippen molar-refractivity contribution in [3.8, 4) is 0 Å². The van der Waals surface area contributed by atoms with Crippen LogP contribution >= 0.6 is 0 Å². The Bertz CT molecular complexity index is 461. The number of benzene rings is 1. The van der Waals surface area contributed by atoms with Gasteiger partial charge in [0.05, 0.1) is 11.0 Å². The number of rotatable bonds is 6. The van der Waals surface area contributed by atoms with Gasteiger partial charge < -0.3 is 10.1 Å². The Labute approximate surface area is 110 Å². The van der Waals surface area contributed by atoms with E-state index in [9.17, 15) is 14.5 Å². The molecule has 19 heavy (non-hydrogen) atoms. The van der Waals surface area contributed by atoms with Crippen LogP contribution < -0.4 is 5.32 Å². The van der Waals surface area contributed by atoms with Gasteiger partial charge in [-0.2, -0.15) is 0 Å². The SMILES string of the molecule is CCOC1CC(NCc2cc(F)ccc2[N+](=O)[O-])C1. The van der Waals surface area contributed by atoms with Crippen LogP contribution in [0.1, 0.15) is 25.3 Å². The molecule has 1 aromatic carbocycles. The van der Waals surface area contributed by atoms with Crippen molar-refractivity contribution in [2.45, 2.75) is 38.5 Å². The molecule has 0 radical (unpaired) electrons. The van der Waals surface area contributed by atoms with E-state index in [-0.39, 0.29) is 11.8 Å². The van der Waals surface area contributed by atoms with Gasteiger partial charge >= 0.3 is 0 Å². The average molecular weight is 268 g/mol. The van der Waals surface area contributed by atoms with E-state index in [1.165, 1.54) is 12.1 Å². The van der Waals surface area contributed by atoms with Gasteiger partial charge in [0.15, 0.2) is 0 Å². The van der Waals surface area contributed by atoms with Crippen LogP contribution in [0.25, 0.3) is 0 Å². The normalized spacial score (nSPS) is 22.0. The lowest BCUT2D eigenvalue weighted by Gasteiger charge is -2.35. The predicted molar refractivity (Wildman–Crippen MR) is 68.3 cm³/mol. The highest BCUT2D eigenvalue weighted by molar-refractivity contribution is 5.40.